The summed E-state index contributed by atoms with van der Waals surface area (Å²) in [6.07, 6.45) is 0. The monoisotopic (exact) mass is 298 g/mol. The first-order valence-electron chi connectivity index (χ1n) is 5.75. The van der Waals surface area contributed by atoms with Gasteiger partial charge in [0.2, 0.25) is 0 Å². The van der Waals surface area contributed by atoms with Crippen molar-refractivity contribution in [2.75, 3.05) is 0 Å². The zero-order chi connectivity index (χ0) is 14.8. The van der Waals surface area contributed by atoms with Gasteiger partial charge in [-0.15, -0.1) is 0 Å². The van der Waals surface area contributed by atoms with Gasteiger partial charge in [-0.05, 0) is 18.2 Å². The van der Waals surface area contributed by atoms with Crippen LogP contribution in [0.3, 0.4) is 0 Å². The summed E-state index contributed by atoms with van der Waals surface area (Å²) in [6.45, 7) is 0.227. The highest BCUT2D eigenvalue weighted by Gasteiger charge is 2.13. The molecule has 0 saturated carbocycles. The Labute approximate surface area is 115 Å². The van der Waals surface area contributed by atoms with Gasteiger partial charge >= 0.3 is 0 Å². The van der Waals surface area contributed by atoms with Crippen LogP contribution in [0.15, 0.2) is 47.4 Å². The molecular formula is C13H12F2N2O2S. The van der Waals surface area contributed by atoms with Gasteiger partial charge in [0.05, 0.1) is 4.90 Å². The van der Waals surface area contributed by atoms with E-state index in [1.54, 1.807) is 12.1 Å². The lowest BCUT2D eigenvalue weighted by molar-refractivity contribution is -0.387. The molecule has 0 aliphatic heterocycles. The van der Waals surface area contributed by atoms with E-state index in [4.69, 9.17) is 0 Å². The molecule has 2 aromatic carbocycles. The lowest BCUT2D eigenvalue weighted by Crippen LogP contribution is -2.47. The minimum absolute atomic E-state index is 0.0994. The lowest BCUT2D eigenvalue weighted by Gasteiger charge is -2.24. The summed E-state index contributed by atoms with van der Waals surface area (Å²) in [5, 5.41) is 0. The zero-order valence-corrected chi connectivity index (χ0v) is 11.2. The first-order chi connectivity index (χ1) is 9.45. The Morgan fingerprint density at radius 1 is 1.00 bits per heavy atom. The van der Waals surface area contributed by atoms with Crippen molar-refractivity contribution in [1.82, 2.24) is 0 Å². The minimum atomic E-state index is -4.20. The molecule has 0 spiro atoms. The Balaban J connectivity index is 2.47. The second-order valence-corrected chi connectivity index (χ2v) is 5.57. The number of quaternary nitrogens is 1. The molecule has 0 saturated heterocycles. The number of rotatable bonds is 4. The molecule has 0 aromatic heterocycles. The second kappa shape index (κ2) is 5.56. The van der Waals surface area contributed by atoms with E-state index < -0.39 is 27.3 Å². The van der Waals surface area contributed by atoms with E-state index >= 15 is 0 Å². The van der Waals surface area contributed by atoms with E-state index in [9.17, 15) is 17.2 Å². The molecule has 2 aromatic rings. The van der Waals surface area contributed by atoms with E-state index in [2.05, 4.69) is 10.5 Å². The van der Waals surface area contributed by atoms with Crippen LogP contribution in [-0.2, 0) is 16.6 Å². The van der Waals surface area contributed by atoms with Crippen molar-refractivity contribution >= 4 is 15.7 Å². The van der Waals surface area contributed by atoms with Crippen LogP contribution in [0.4, 0.5) is 14.5 Å². The van der Waals surface area contributed by atoms with Crippen LogP contribution in [0.25, 0.3) is 4.72 Å². The van der Waals surface area contributed by atoms with Gasteiger partial charge in [0.1, 0.15) is 28.2 Å². The van der Waals surface area contributed by atoms with Crippen molar-refractivity contribution in [2.24, 2.45) is 0 Å². The topological polar surface area (TPSA) is 75.9 Å². The molecule has 20 heavy (non-hydrogen) atoms. The third-order valence-corrected chi connectivity index (χ3v) is 4.05. The third-order valence-electron chi connectivity index (χ3n) is 2.67. The maximum Gasteiger partial charge on any atom is 0.123 e. The minimum Gasteiger partial charge on any atom is -0.568 e. The Morgan fingerprint density at radius 3 is 2.20 bits per heavy atom. The molecule has 106 valence electrons. The van der Waals surface area contributed by atoms with Gasteiger partial charge in [0.25, 0.3) is 0 Å². The molecule has 0 atom stereocenters. The van der Waals surface area contributed by atoms with Crippen molar-refractivity contribution in [2.45, 2.75) is 11.4 Å². The molecule has 0 aliphatic rings. The standard InChI is InChI=1S/C13H11F2N2O2S/c14-10-5-3-6-11(15)13(10)17-20(18,19)12-7-2-1-4-9(12)8-16/h1-7H,8,16H2/q-1/p+1. The highest BCUT2D eigenvalue weighted by atomic mass is 32.2. The molecule has 3 N–H and O–H groups in total. The predicted molar refractivity (Wildman–Crippen MR) is 69.6 cm³/mol. The number of hydrogen-bond donors (Lipinski definition) is 1. The largest absolute Gasteiger partial charge is 0.568 e. The first kappa shape index (κ1) is 14.4. The average molecular weight is 298 g/mol. The number of hydrogen-bond acceptors (Lipinski definition) is 2. The quantitative estimate of drug-likeness (QED) is 0.938. The molecule has 0 aliphatic carbocycles. The average Bonchev–Trinajstić information content (AvgIpc) is 2.43. The van der Waals surface area contributed by atoms with Crippen LogP contribution < -0.4 is 5.73 Å². The Bertz CT molecular complexity index is 713. The van der Waals surface area contributed by atoms with Crippen LogP contribution in [0.5, 0.6) is 0 Å². The summed E-state index contributed by atoms with van der Waals surface area (Å²) in [5.41, 5.74) is 3.24. The van der Waals surface area contributed by atoms with Crippen molar-refractivity contribution in [3.63, 3.8) is 0 Å². The summed E-state index contributed by atoms with van der Waals surface area (Å²) >= 11 is 0. The summed E-state index contributed by atoms with van der Waals surface area (Å²) in [7, 11) is -4.20. The Kier molecular flexibility index (Phi) is 4.01. The number of sulfonamides is 1. The van der Waals surface area contributed by atoms with E-state index in [1.165, 1.54) is 12.1 Å². The highest BCUT2D eigenvalue weighted by molar-refractivity contribution is 7.94. The molecular weight excluding hydrogens is 286 g/mol. The van der Waals surface area contributed by atoms with Gasteiger partial charge in [-0.1, -0.05) is 30.0 Å². The smallest absolute Gasteiger partial charge is 0.123 e. The molecule has 0 radical (unpaired) electrons. The van der Waals surface area contributed by atoms with E-state index in [1.807, 2.05) is 0 Å². The van der Waals surface area contributed by atoms with Crippen molar-refractivity contribution < 1.29 is 22.9 Å². The number of halogens is 2. The fourth-order valence-electron chi connectivity index (χ4n) is 1.71. The first-order valence-corrected chi connectivity index (χ1v) is 7.19. The maximum absolute atomic E-state index is 13.5. The summed E-state index contributed by atoms with van der Waals surface area (Å²) in [4.78, 5) is -0.0994. The number of nitrogens with zero attached hydrogens (tertiary/aromatic N) is 1. The van der Waals surface area contributed by atoms with Gasteiger partial charge in [0.15, 0.2) is 0 Å². The molecule has 0 amide bonds. The van der Waals surface area contributed by atoms with Crippen molar-refractivity contribution in [1.29, 1.82) is 0 Å². The van der Waals surface area contributed by atoms with Crippen molar-refractivity contribution in [3.05, 3.63) is 64.4 Å². The van der Waals surface area contributed by atoms with Crippen molar-refractivity contribution in [3.8, 4) is 0 Å². The van der Waals surface area contributed by atoms with E-state index in [0.29, 0.717) is 5.56 Å². The summed E-state index contributed by atoms with van der Waals surface area (Å²) in [5.74, 6) is -2.05. The lowest BCUT2D eigenvalue weighted by atomic mass is 10.2. The Morgan fingerprint density at radius 2 is 1.60 bits per heavy atom. The highest BCUT2D eigenvalue weighted by Crippen LogP contribution is 2.33. The fraction of sp³-hybridized carbons (Fsp3) is 0.0769. The predicted octanol–water partition coefficient (Wildman–Crippen LogP) is 2.10. The second-order valence-electron chi connectivity index (χ2n) is 3.99. The van der Waals surface area contributed by atoms with E-state index in [-0.39, 0.29) is 11.4 Å². The van der Waals surface area contributed by atoms with Gasteiger partial charge in [-0.2, -0.15) is 0 Å². The molecule has 0 fully saturated rings. The summed E-state index contributed by atoms with van der Waals surface area (Å²) < 4.78 is 54.5. The van der Waals surface area contributed by atoms with Crippen LogP contribution in [0.2, 0.25) is 0 Å². The van der Waals surface area contributed by atoms with Crippen LogP contribution in [0, 0.1) is 11.6 Å². The molecule has 0 heterocycles. The molecule has 7 heteroatoms. The fourth-order valence-corrected chi connectivity index (χ4v) is 2.97. The summed E-state index contributed by atoms with van der Waals surface area (Å²) in [6, 6.07) is 9.11. The molecule has 2 rings (SSSR count). The normalized spacial score (nSPS) is 11.3. The van der Waals surface area contributed by atoms with Gasteiger partial charge in [-0.25, -0.2) is 17.2 Å². The molecule has 4 nitrogen and oxygen atoms in total. The molecule has 0 unspecified atom stereocenters. The zero-order valence-electron chi connectivity index (χ0n) is 10.4. The van der Waals surface area contributed by atoms with Gasteiger partial charge in [-0.3, -0.25) is 0 Å². The molecule has 0 bridgehead atoms. The Hall–Kier alpha value is -1.99. The van der Waals surface area contributed by atoms with Crippen LogP contribution in [-0.4, -0.2) is 8.42 Å². The van der Waals surface area contributed by atoms with Gasteiger partial charge < -0.3 is 10.5 Å². The maximum atomic E-state index is 13.5. The van der Waals surface area contributed by atoms with Gasteiger partial charge in [0, 0.05) is 5.56 Å². The third kappa shape index (κ3) is 2.78. The van der Waals surface area contributed by atoms with E-state index in [0.717, 1.165) is 18.2 Å². The van der Waals surface area contributed by atoms with Crippen LogP contribution in [0.1, 0.15) is 5.56 Å². The SMILES string of the molecule is [NH3+]Cc1ccccc1S(=O)(=O)[N-]c1c(F)cccc1F. The van der Waals surface area contributed by atoms with Crippen LogP contribution >= 0.6 is 0 Å². The number of benzene rings is 2.